The fraction of sp³-hybridized carbons (Fsp3) is 0.800. The lowest BCUT2D eigenvalue weighted by Crippen LogP contribution is -2.12. The summed E-state index contributed by atoms with van der Waals surface area (Å²) >= 11 is 0. The summed E-state index contributed by atoms with van der Waals surface area (Å²) in [6, 6.07) is 0. The Kier molecular flexibility index (Phi) is 6.63. The van der Waals surface area contributed by atoms with Crippen molar-refractivity contribution >= 4 is 0 Å². The van der Waals surface area contributed by atoms with Crippen LogP contribution in [0.4, 0.5) is 0 Å². The van der Waals surface area contributed by atoms with Gasteiger partial charge in [-0.05, 0) is 13.3 Å². The van der Waals surface area contributed by atoms with Crippen molar-refractivity contribution in [2.45, 2.75) is 40.5 Å². The van der Waals surface area contributed by atoms with Gasteiger partial charge in [-0.2, -0.15) is 0 Å². The van der Waals surface area contributed by atoms with Gasteiger partial charge in [-0.3, -0.25) is 0 Å². The lowest BCUT2D eigenvalue weighted by molar-refractivity contribution is 0.0585. The van der Waals surface area contributed by atoms with Crippen LogP contribution >= 0.6 is 0 Å². The monoisotopic (exact) mass is 172 g/mol. The minimum Gasteiger partial charge on any atom is -0.491 e. The second kappa shape index (κ2) is 7.01. The molecule has 0 saturated heterocycles. The molecular formula is C10H20O2. The van der Waals surface area contributed by atoms with Crippen molar-refractivity contribution in [2.75, 3.05) is 13.2 Å². The summed E-state index contributed by atoms with van der Waals surface area (Å²) in [7, 11) is 0. The molecule has 1 rings (SSSR count). The summed E-state index contributed by atoms with van der Waals surface area (Å²) in [5.74, 6) is 2.00. The number of ether oxygens (including phenoxy) is 2. The van der Waals surface area contributed by atoms with Gasteiger partial charge in [-0.15, -0.1) is 0 Å². The maximum atomic E-state index is 5.39. The van der Waals surface area contributed by atoms with Gasteiger partial charge in [-0.1, -0.05) is 20.8 Å². The van der Waals surface area contributed by atoms with E-state index in [1.54, 1.807) is 0 Å². The van der Waals surface area contributed by atoms with Crippen LogP contribution in [0.15, 0.2) is 11.5 Å². The van der Waals surface area contributed by atoms with E-state index in [1.807, 2.05) is 20.8 Å². The second-order valence-electron chi connectivity index (χ2n) is 2.43. The van der Waals surface area contributed by atoms with Crippen LogP contribution in [0.5, 0.6) is 0 Å². The summed E-state index contributed by atoms with van der Waals surface area (Å²) < 4.78 is 10.7. The second-order valence-corrected chi connectivity index (χ2v) is 2.43. The Morgan fingerprint density at radius 3 is 2.25 bits per heavy atom. The topological polar surface area (TPSA) is 18.5 Å². The first-order valence-corrected chi connectivity index (χ1v) is 4.80. The Hall–Kier alpha value is -0.660. The molecule has 12 heavy (non-hydrogen) atoms. The smallest absolute Gasteiger partial charge is 0.133 e. The van der Waals surface area contributed by atoms with Gasteiger partial charge in [0.2, 0.25) is 0 Å². The van der Waals surface area contributed by atoms with E-state index in [0.717, 1.165) is 24.4 Å². The van der Waals surface area contributed by atoms with E-state index >= 15 is 0 Å². The zero-order chi connectivity index (χ0) is 9.40. The quantitative estimate of drug-likeness (QED) is 0.637. The Morgan fingerprint density at radius 1 is 1.17 bits per heavy atom. The Balaban J connectivity index is 0.000000561. The van der Waals surface area contributed by atoms with E-state index in [-0.39, 0.29) is 0 Å². The van der Waals surface area contributed by atoms with Gasteiger partial charge in [0.15, 0.2) is 0 Å². The summed E-state index contributed by atoms with van der Waals surface area (Å²) in [6.45, 7) is 9.52. The first-order valence-electron chi connectivity index (χ1n) is 4.80. The van der Waals surface area contributed by atoms with Crippen molar-refractivity contribution in [2.24, 2.45) is 0 Å². The number of hydrogen-bond acceptors (Lipinski definition) is 2. The normalized spacial score (nSPS) is 15.7. The molecule has 0 N–H and O–H groups in total. The summed E-state index contributed by atoms with van der Waals surface area (Å²) in [4.78, 5) is 0. The summed E-state index contributed by atoms with van der Waals surface area (Å²) in [5.41, 5.74) is 0. The third kappa shape index (κ3) is 3.65. The van der Waals surface area contributed by atoms with Crippen LogP contribution < -0.4 is 0 Å². The minimum absolute atomic E-state index is 0.707. The lowest BCUT2D eigenvalue weighted by Gasteiger charge is -2.19. The van der Waals surface area contributed by atoms with Crippen molar-refractivity contribution in [1.82, 2.24) is 0 Å². The molecule has 0 atom stereocenters. The molecule has 0 aromatic carbocycles. The molecule has 0 amide bonds. The lowest BCUT2D eigenvalue weighted by atomic mass is 10.2. The van der Waals surface area contributed by atoms with E-state index < -0.39 is 0 Å². The standard InChI is InChI=1S/C8H14O2.C2H6/c1-3-4-8-7(2)9-5-6-10-8;1-2/h3-6H2,1-2H3;1-2H3. The Bertz CT molecular complexity index is 139. The maximum Gasteiger partial charge on any atom is 0.133 e. The molecule has 1 aliphatic rings. The zero-order valence-corrected chi connectivity index (χ0v) is 8.64. The van der Waals surface area contributed by atoms with Gasteiger partial charge in [0.25, 0.3) is 0 Å². The zero-order valence-electron chi connectivity index (χ0n) is 8.64. The highest BCUT2D eigenvalue weighted by Crippen LogP contribution is 2.16. The predicted molar refractivity (Wildman–Crippen MR) is 50.9 cm³/mol. The van der Waals surface area contributed by atoms with Crippen LogP contribution in [-0.2, 0) is 9.47 Å². The van der Waals surface area contributed by atoms with E-state index in [2.05, 4.69) is 6.92 Å². The molecule has 0 radical (unpaired) electrons. The van der Waals surface area contributed by atoms with Gasteiger partial charge in [0.1, 0.15) is 24.7 Å². The van der Waals surface area contributed by atoms with Crippen LogP contribution in [0, 0.1) is 0 Å². The van der Waals surface area contributed by atoms with Crippen LogP contribution in [0.1, 0.15) is 40.5 Å². The molecule has 0 aliphatic carbocycles. The molecule has 0 fully saturated rings. The molecule has 1 heterocycles. The van der Waals surface area contributed by atoms with Crippen molar-refractivity contribution in [3.05, 3.63) is 11.5 Å². The first-order chi connectivity index (χ1) is 5.84. The van der Waals surface area contributed by atoms with Crippen molar-refractivity contribution < 1.29 is 9.47 Å². The van der Waals surface area contributed by atoms with Crippen LogP contribution in [0.2, 0.25) is 0 Å². The van der Waals surface area contributed by atoms with Crippen LogP contribution in [-0.4, -0.2) is 13.2 Å². The number of hydrogen-bond donors (Lipinski definition) is 0. The summed E-state index contributed by atoms with van der Waals surface area (Å²) in [5, 5.41) is 0. The minimum atomic E-state index is 0.707. The SMILES string of the molecule is CC.CCCC1=C(C)OCCO1. The van der Waals surface area contributed by atoms with Gasteiger partial charge in [0, 0.05) is 6.42 Å². The molecular weight excluding hydrogens is 152 g/mol. The molecule has 0 spiro atoms. The Morgan fingerprint density at radius 2 is 1.75 bits per heavy atom. The van der Waals surface area contributed by atoms with Crippen molar-refractivity contribution in [3.8, 4) is 0 Å². The Labute approximate surface area is 75.6 Å². The van der Waals surface area contributed by atoms with E-state index in [9.17, 15) is 0 Å². The number of rotatable bonds is 2. The van der Waals surface area contributed by atoms with Crippen LogP contribution in [0.25, 0.3) is 0 Å². The van der Waals surface area contributed by atoms with E-state index in [1.165, 1.54) is 0 Å². The fourth-order valence-electron chi connectivity index (χ4n) is 1.02. The predicted octanol–water partition coefficient (Wildman–Crippen LogP) is 3.09. The van der Waals surface area contributed by atoms with E-state index in [4.69, 9.17) is 9.47 Å². The maximum absolute atomic E-state index is 5.39. The molecule has 0 saturated carbocycles. The first kappa shape index (κ1) is 11.3. The third-order valence-corrected chi connectivity index (χ3v) is 1.55. The average molecular weight is 172 g/mol. The molecule has 1 aliphatic heterocycles. The van der Waals surface area contributed by atoms with Gasteiger partial charge >= 0.3 is 0 Å². The van der Waals surface area contributed by atoms with Gasteiger partial charge in [-0.25, -0.2) is 0 Å². The van der Waals surface area contributed by atoms with Gasteiger partial charge in [0.05, 0.1) is 0 Å². The summed E-state index contributed by atoms with van der Waals surface area (Å²) in [6.07, 6.45) is 2.13. The molecule has 72 valence electrons. The van der Waals surface area contributed by atoms with Gasteiger partial charge < -0.3 is 9.47 Å². The third-order valence-electron chi connectivity index (χ3n) is 1.55. The molecule has 0 bridgehead atoms. The molecule has 0 aromatic rings. The van der Waals surface area contributed by atoms with Crippen molar-refractivity contribution in [3.63, 3.8) is 0 Å². The van der Waals surface area contributed by atoms with Crippen LogP contribution in [0.3, 0.4) is 0 Å². The highest BCUT2D eigenvalue weighted by molar-refractivity contribution is 5.00. The molecule has 2 nitrogen and oxygen atoms in total. The highest BCUT2D eigenvalue weighted by Gasteiger charge is 2.09. The largest absolute Gasteiger partial charge is 0.491 e. The highest BCUT2D eigenvalue weighted by atomic mass is 16.6. The van der Waals surface area contributed by atoms with Crippen molar-refractivity contribution in [1.29, 1.82) is 0 Å². The molecule has 2 heteroatoms. The number of allylic oxidation sites excluding steroid dienone is 2. The fourth-order valence-corrected chi connectivity index (χ4v) is 1.02. The van der Waals surface area contributed by atoms with E-state index in [0.29, 0.717) is 13.2 Å². The molecule has 0 unspecified atom stereocenters. The molecule has 0 aromatic heterocycles. The average Bonchev–Trinajstić information content (AvgIpc) is 2.13.